The van der Waals surface area contributed by atoms with Crippen LogP contribution in [0.15, 0.2) is 12.3 Å². The lowest BCUT2D eigenvalue weighted by atomic mass is 9.69. The summed E-state index contributed by atoms with van der Waals surface area (Å²) >= 11 is 0. The van der Waals surface area contributed by atoms with E-state index in [0.29, 0.717) is 11.5 Å². The Morgan fingerprint density at radius 2 is 2.06 bits per heavy atom. The van der Waals surface area contributed by atoms with Crippen LogP contribution in [0, 0.1) is 5.41 Å². The Kier molecular flexibility index (Phi) is 4.44. The molecule has 102 valence electrons. The summed E-state index contributed by atoms with van der Waals surface area (Å²) in [6.07, 6.45) is 8.76. The van der Waals surface area contributed by atoms with Gasteiger partial charge in [-0.15, -0.1) is 0 Å². The van der Waals surface area contributed by atoms with Gasteiger partial charge in [0, 0.05) is 12.7 Å². The molecule has 0 bridgehead atoms. The highest BCUT2D eigenvalue weighted by Gasteiger charge is 2.37. The van der Waals surface area contributed by atoms with Gasteiger partial charge in [-0.1, -0.05) is 33.1 Å². The Morgan fingerprint density at radius 3 is 2.67 bits per heavy atom. The zero-order chi connectivity index (χ0) is 13.0. The fourth-order valence-electron chi connectivity index (χ4n) is 3.41. The van der Waals surface area contributed by atoms with E-state index in [0.717, 1.165) is 13.1 Å². The maximum Gasteiger partial charge on any atom is 0.0559 e. The van der Waals surface area contributed by atoms with Crippen LogP contribution < -0.4 is 5.32 Å². The lowest BCUT2D eigenvalue weighted by Gasteiger charge is -2.41. The van der Waals surface area contributed by atoms with Crippen LogP contribution in [-0.2, 0) is 6.54 Å². The van der Waals surface area contributed by atoms with Crippen LogP contribution in [-0.4, -0.2) is 16.3 Å². The molecule has 0 amide bonds. The van der Waals surface area contributed by atoms with Crippen molar-refractivity contribution in [1.29, 1.82) is 0 Å². The summed E-state index contributed by atoms with van der Waals surface area (Å²) in [5.41, 5.74) is 1.75. The lowest BCUT2D eigenvalue weighted by Crippen LogP contribution is -2.39. The first kappa shape index (κ1) is 13.6. The molecule has 3 heteroatoms. The fraction of sp³-hybridized carbons (Fsp3) is 0.800. The van der Waals surface area contributed by atoms with Crippen molar-refractivity contribution in [1.82, 2.24) is 15.1 Å². The van der Waals surface area contributed by atoms with Gasteiger partial charge in [0.05, 0.1) is 11.7 Å². The van der Waals surface area contributed by atoms with Crippen molar-refractivity contribution in [2.75, 3.05) is 6.54 Å². The molecule has 0 aromatic carbocycles. The van der Waals surface area contributed by atoms with Crippen molar-refractivity contribution in [3.8, 4) is 0 Å². The minimum absolute atomic E-state index is 0.390. The molecule has 0 spiro atoms. The van der Waals surface area contributed by atoms with E-state index in [1.807, 2.05) is 6.20 Å². The van der Waals surface area contributed by atoms with Crippen LogP contribution in [0.4, 0.5) is 0 Å². The average Bonchev–Trinajstić information content (AvgIpc) is 2.84. The monoisotopic (exact) mass is 249 g/mol. The van der Waals surface area contributed by atoms with Gasteiger partial charge in [0.15, 0.2) is 0 Å². The number of hydrogen-bond acceptors (Lipinski definition) is 2. The summed E-state index contributed by atoms with van der Waals surface area (Å²) in [7, 11) is 0. The Balaban J connectivity index is 2.27. The SMILES string of the molecule is CCNC(c1ccnn1CC)C1(C)CCCCC1. The fourth-order valence-corrected chi connectivity index (χ4v) is 3.41. The van der Waals surface area contributed by atoms with Gasteiger partial charge in [-0.05, 0) is 37.8 Å². The van der Waals surface area contributed by atoms with E-state index in [4.69, 9.17) is 0 Å². The summed E-state index contributed by atoms with van der Waals surface area (Å²) in [5, 5.41) is 8.15. The smallest absolute Gasteiger partial charge is 0.0559 e. The van der Waals surface area contributed by atoms with Crippen LogP contribution in [0.2, 0.25) is 0 Å². The minimum Gasteiger partial charge on any atom is -0.308 e. The standard InChI is InChI=1S/C15H27N3/c1-4-16-14(13-9-12-17-18(13)5-2)15(3)10-7-6-8-11-15/h9,12,14,16H,4-8,10-11H2,1-3H3. The Bertz CT molecular complexity index is 364. The molecule has 1 aliphatic carbocycles. The van der Waals surface area contributed by atoms with Gasteiger partial charge in [-0.25, -0.2) is 0 Å². The molecule has 1 aromatic heterocycles. The second kappa shape index (κ2) is 5.87. The van der Waals surface area contributed by atoms with E-state index in [-0.39, 0.29) is 0 Å². The van der Waals surface area contributed by atoms with Crippen molar-refractivity contribution < 1.29 is 0 Å². The van der Waals surface area contributed by atoms with Gasteiger partial charge in [0.2, 0.25) is 0 Å². The predicted octanol–water partition coefficient (Wildman–Crippen LogP) is 3.52. The van der Waals surface area contributed by atoms with Gasteiger partial charge >= 0.3 is 0 Å². The topological polar surface area (TPSA) is 29.9 Å². The van der Waals surface area contributed by atoms with Crippen LogP contribution in [0.3, 0.4) is 0 Å². The van der Waals surface area contributed by atoms with Crippen molar-refractivity contribution in [2.24, 2.45) is 5.41 Å². The first-order chi connectivity index (χ1) is 8.71. The van der Waals surface area contributed by atoms with E-state index < -0.39 is 0 Å². The number of nitrogens with zero attached hydrogens (tertiary/aromatic N) is 2. The zero-order valence-corrected chi connectivity index (χ0v) is 12.1. The van der Waals surface area contributed by atoms with Crippen molar-refractivity contribution in [3.05, 3.63) is 18.0 Å². The molecule has 0 saturated heterocycles. The third-order valence-corrected chi connectivity index (χ3v) is 4.45. The molecule has 1 aromatic rings. The van der Waals surface area contributed by atoms with Crippen LogP contribution in [0.1, 0.15) is 64.6 Å². The number of aromatic nitrogens is 2. The van der Waals surface area contributed by atoms with Gasteiger partial charge in [0.25, 0.3) is 0 Å². The molecule has 0 aliphatic heterocycles. The molecule has 0 radical (unpaired) electrons. The number of nitrogens with one attached hydrogen (secondary N) is 1. The lowest BCUT2D eigenvalue weighted by molar-refractivity contribution is 0.140. The Labute approximate surface area is 111 Å². The van der Waals surface area contributed by atoms with Gasteiger partial charge < -0.3 is 5.32 Å². The summed E-state index contributed by atoms with van der Waals surface area (Å²) in [6, 6.07) is 2.64. The predicted molar refractivity (Wildman–Crippen MR) is 75.5 cm³/mol. The maximum atomic E-state index is 4.44. The third-order valence-electron chi connectivity index (χ3n) is 4.45. The third kappa shape index (κ3) is 2.61. The maximum absolute atomic E-state index is 4.44. The van der Waals surface area contributed by atoms with E-state index in [9.17, 15) is 0 Å². The first-order valence-corrected chi connectivity index (χ1v) is 7.46. The zero-order valence-electron chi connectivity index (χ0n) is 12.1. The van der Waals surface area contributed by atoms with Crippen LogP contribution in [0.5, 0.6) is 0 Å². The molecule has 1 heterocycles. The van der Waals surface area contributed by atoms with E-state index in [1.165, 1.54) is 37.8 Å². The van der Waals surface area contributed by atoms with Crippen molar-refractivity contribution >= 4 is 0 Å². The van der Waals surface area contributed by atoms with Gasteiger partial charge in [0.1, 0.15) is 0 Å². The number of aryl methyl sites for hydroxylation is 1. The van der Waals surface area contributed by atoms with Gasteiger partial charge in [-0.3, -0.25) is 4.68 Å². The number of hydrogen-bond donors (Lipinski definition) is 1. The second-order valence-corrected chi connectivity index (χ2v) is 5.78. The summed E-state index contributed by atoms with van der Waals surface area (Å²) in [4.78, 5) is 0. The molecule has 3 nitrogen and oxygen atoms in total. The van der Waals surface area contributed by atoms with E-state index >= 15 is 0 Å². The molecular formula is C15H27N3. The van der Waals surface area contributed by atoms with E-state index in [2.05, 4.69) is 41.9 Å². The largest absolute Gasteiger partial charge is 0.308 e. The summed E-state index contributed by atoms with van der Waals surface area (Å²) in [5.74, 6) is 0. The molecule has 1 fully saturated rings. The van der Waals surface area contributed by atoms with Gasteiger partial charge in [-0.2, -0.15) is 5.10 Å². The summed E-state index contributed by atoms with van der Waals surface area (Å²) in [6.45, 7) is 8.80. The first-order valence-electron chi connectivity index (χ1n) is 7.46. The molecule has 1 unspecified atom stereocenters. The highest BCUT2D eigenvalue weighted by atomic mass is 15.3. The van der Waals surface area contributed by atoms with Crippen LogP contribution >= 0.6 is 0 Å². The second-order valence-electron chi connectivity index (χ2n) is 5.78. The highest BCUT2D eigenvalue weighted by Crippen LogP contribution is 2.45. The molecule has 1 saturated carbocycles. The minimum atomic E-state index is 0.390. The van der Waals surface area contributed by atoms with Crippen molar-refractivity contribution in [3.63, 3.8) is 0 Å². The van der Waals surface area contributed by atoms with Crippen LogP contribution in [0.25, 0.3) is 0 Å². The number of rotatable bonds is 5. The Morgan fingerprint density at radius 1 is 1.33 bits per heavy atom. The van der Waals surface area contributed by atoms with Crippen molar-refractivity contribution in [2.45, 2.75) is 65.5 Å². The average molecular weight is 249 g/mol. The molecule has 1 atom stereocenters. The summed E-state index contributed by atoms with van der Waals surface area (Å²) < 4.78 is 2.15. The Hall–Kier alpha value is -0.830. The highest BCUT2D eigenvalue weighted by molar-refractivity contribution is 5.12. The molecule has 1 N–H and O–H groups in total. The van der Waals surface area contributed by atoms with E-state index in [1.54, 1.807) is 0 Å². The normalized spacial score (nSPS) is 20.8. The molecule has 2 rings (SSSR count). The quantitative estimate of drug-likeness (QED) is 0.865. The molecule has 1 aliphatic rings. The molecular weight excluding hydrogens is 222 g/mol. The molecule has 18 heavy (non-hydrogen) atoms.